The third-order valence-corrected chi connectivity index (χ3v) is 6.71. The van der Waals surface area contributed by atoms with Crippen molar-refractivity contribution in [2.24, 2.45) is 5.92 Å². The summed E-state index contributed by atoms with van der Waals surface area (Å²) in [6, 6.07) is 9.64. The second kappa shape index (κ2) is 8.66. The Bertz CT molecular complexity index is 934. The van der Waals surface area contributed by atoms with Crippen molar-refractivity contribution in [1.82, 2.24) is 9.29 Å². The third kappa shape index (κ3) is 4.66. The molecule has 1 saturated heterocycles. The van der Waals surface area contributed by atoms with E-state index >= 15 is 0 Å². The Morgan fingerprint density at radius 2 is 2.14 bits per heavy atom. The van der Waals surface area contributed by atoms with Crippen LogP contribution in [0.25, 0.3) is 0 Å². The summed E-state index contributed by atoms with van der Waals surface area (Å²) in [6.07, 6.45) is 4.09. The molecule has 9 heteroatoms. The predicted octanol–water partition coefficient (Wildman–Crippen LogP) is 3.07. The van der Waals surface area contributed by atoms with Gasteiger partial charge in [0.2, 0.25) is 10.0 Å². The molecular formula is C19H24N4O4S. The number of anilines is 1. The molecular weight excluding hydrogens is 380 g/mol. The van der Waals surface area contributed by atoms with Crippen molar-refractivity contribution in [2.75, 3.05) is 25.0 Å². The zero-order valence-electron chi connectivity index (χ0n) is 15.7. The minimum Gasteiger partial charge on any atom is -0.379 e. The van der Waals surface area contributed by atoms with Gasteiger partial charge in [0.05, 0.1) is 9.82 Å². The van der Waals surface area contributed by atoms with Crippen molar-refractivity contribution in [3.8, 4) is 0 Å². The van der Waals surface area contributed by atoms with Crippen LogP contribution >= 0.6 is 0 Å². The summed E-state index contributed by atoms with van der Waals surface area (Å²) in [7, 11) is -3.74. The molecule has 0 bridgehead atoms. The second-order valence-corrected chi connectivity index (χ2v) is 8.98. The largest absolute Gasteiger partial charge is 0.379 e. The normalized spacial score (nSPS) is 18.0. The first-order valence-electron chi connectivity index (χ1n) is 9.30. The molecule has 1 N–H and O–H groups in total. The van der Waals surface area contributed by atoms with Crippen LogP contribution in [0.1, 0.15) is 25.5 Å². The zero-order valence-corrected chi connectivity index (χ0v) is 16.6. The summed E-state index contributed by atoms with van der Waals surface area (Å²) in [5.74, 6) is 0.283. The Morgan fingerprint density at radius 3 is 2.82 bits per heavy atom. The number of sulfonamides is 1. The minimum atomic E-state index is -3.74. The minimum absolute atomic E-state index is 0.0384. The lowest BCUT2D eigenvalue weighted by Gasteiger charge is -2.30. The van der Waals surface area contributed by atoms with Gasteiger partial charge in [0.1, 0.15) is 5.69 Å². The van der Waals surface area contributed by atoms with E-state index in [4.69, 9.17) is 0 Å². The first-order valence-corrected chi connectivity index (χ1v) is 10.7. The molecule has 1 aromatic carbocycles. The van der Waals surface area contributed by atoms with Gasteiger partial charge in [-0.2, -0.15) is 4.31 Å². The topological polar surface area (TPSA) is 105 Å². The number of rotatable bonds is 7. The van der Waals surface area contributed by atoms with Gasteiger partial charge < -0.3 is 5.32 Å². The smallest absolute Gasteiger partial charge is 0.293 e. The lowest BCUT2D eigenvalue weighted by molar-refractivity contribution is -0.384. The van der Waals surface area contributed by atoms with Crippen LogP contribution < -0.4 is 5.32 Å². The van der Waals surface area contributed by atoms with Crippen molar-refractivity contribution < 1.29 is 13.3 Å². The highest BCUT2D eigenvalue weighted by molar-refractivity contribution is 7.89. The molecule has 28 heavy (non-hydrogen) atoms. The number of piperidine rings is 1. The van der Waals surface area contributed by atoms with Crippen molar-refractivity contribution in [1.29, 1.82) is 0 Å². The fraction of sp³-hybridized carbons (Fsp3) is 0.421. The number of nitrogens with zero attached hydrogens (tertiary/aromatic N) is 3. The fourth-order valence-corrected chi connectivity index (χ4v) is 4.98. The highest BCUT2D eigenvalue weighted by atomic mass is 32.2. The molecule has 1 unspecified atom stereocenters. The van der Waals surface area contributed by atoms with E-state index in [9.17, 15) is 18.5 Å². The van der Waals surface area contributed by atoms with Crippen LogP contribution in [-0.4, -0.2) is 42.3 Å². The van der Waals surface area contributed by atoms with Gasteiger partial charge in [0.25, 0.3) is 5.69 Å². The van der Waals surface area contributed by atoms with Crippen LogP contribution in [0.2, 0.25) is 0 Å². The SMILES string of the molecule is CC1CCCN(S(=O)(=O)c2ccc(NCCc3ccccn3)c([N+](=O)[O-])c2)C1. The first kappa shape index (κ1) is 20.2. The Labute approximate surface area is 164 Å². The van der Waals surface area contributed by atoms with Crippen LogP contribution in [-0.2, 0) is 16.4 Å². The number of nitro benzene ring substituents is 1. The average molecular weight is 404 g/mol. The van der Waals surface area contributed by atoms with Gasteiger partial charge in [0, 0.05) is 44.0 Å². The molecule has 150 valence electrons. The number of aromatic nitrogens is 1. The number of hydrogen-bond acceptors (Lipinski definition) is 6. The Kier molecular flexibility index (Phi) is 6.25. The first-order chi connectivity index (χ1) is 13.4. The van der Waals surface area contributed by atoms with Crippen LogP contribution in [0.3, 0.4) is 0 Å². The highest BCUT2D eigenvalue weighted by Gasteiger charge is 2.30. The molecule has 1 atom stereocenters. The fourth-order valence-electron chi connectivity index (χ4n) is 3.36. The third-order valence-electron chi connectivity index (χ3n) is 4.85. The van der Waals surface area contributed by atoms with Gasteiger partial charge in [-0.1, -0.05) is 13.0 Å². The summed E-state index contributed by atoms with van der Waals surface area (Å²) in [6.45, 7) is 3.36. The summed E-state index contributed by atoms with van der Waals surface area (Å²) in [5.41, 5.74) is 0.926. The van der Waals surface area contributed by atoms with Crippen LogP contribution in [0.5, 0.6) is 0 Å². The maximum Gasteiger partial charge on any atom is 0.293 e. The van der Waals surface area contributed by atoms with E-state index in [0.717, 1.165) is 24.6 Å². The summed E-state index contributed by atoms with van der Waals surface area (Å²) < 4.78 is 27.2. The number of hydrogen-bond donors (Lipinski definition) is 1. The van der Waals surface area contributed by atoms with E-state index in [-0.39, 0.29) is 16.5 Å². The standard InChI is InChI=1S/C19H24N4O4S/c1-15-5-4-12-22(14-15)28(26,27)17-7-8-18(19(13-17)23(24)25)21-11-9-16-6-2-3-10-20-16/h2-3,6-8,10,13,15,21H,4-5,9,11-12,14H2,1H3. The van der Waals surface area contributed by atoms with Gasteiger partial charge >= 0.3 is 0 Å². The van der Waals surface area contributed by atoms with E-state index in [1.165, 1.54) is 16.4 Å². The lowest BCUT2D eigenvalue weighted by Crippen LogP contribution is -2.39. The maximum atomic E-state index is 12.9. The maximum absolute atomic E-state index is 12.9. The molecule has 1 aromatic heterocycles. The van der Waals surface area contributed by atoms with Crippen molar-refractivity contribution in [3.05, 3.63) is 58.4 Å². The molecule has 0 radical (unpaired) electrons. The van der Waals surface area contributed by atoms with E-state index < -0.39 is 14.9 Å². The highest BCUT2D eigenvalue weighted by Crippen LogP contribution is 2.30. The quantitative estimate of drug-likeness (QED) is 0.562. The van der Waals surface area contributed by atoms with Gasteiger partial charge in [-0.05, 0) is 43.0 Å². The average Bonchev–Trinajstić information content (AvgIpc) is 2.68. The Morgan fingerprint density at radius 1 is 1.32 bits per heavy atom. The van der Waals surface area contributed by atoms with Crippen LogP contribution in [0, 0.1) is 16.0 Å². The predicted molar refractivity (Wildman–Crippen MR) is 107 cm³/mol. The molecule has 2 aromatic rings. The van der Waals surface area contributed by atoms with E-state index in [1.807, 2.05) is 25.1 Å². The van der Waals surface area contributed by atoms with Crippen molar-refractivity contribution in [3.63, 3.8) is 0 Å². The molecule has 0 aliphatic carbocycles. The van der Waals surface area contributed by atoms with Crippen LogP contribution in [0.15, 0.2) is 47.5 Å². The molecule has 0 saturated carbocycles. The van der Waals surface area contributed by atoms with Gasteiger partial charge in [0.15, 0.2) is 0 Å². The number of benzene rings is 1. The van der Waals surface area contributed by atoms with Crippen LogP contribution in [0.4, 0.5) is 11.4 Å². The lowest BCUT2D eigenvalue weighted by atomic mass is 10.0. The van der Waals surface area contributed by atoms with Gasteiger partial charge in [-0.25, -0.2) is 8.42 Å². The monoisotopic (exact) mass is 404 g/mol. The van der Waals surface area contributed by atoms with Crippen molar-refractivity contribution in [2.45, 2.75) is 31.1 Å². The molecule has 0 spiro atoms. The van der Waals surface area contributed by atoms with E-state index in [2.05, 4.69) is 10.3 Å². The summed E-state index contributed by atoms with van der Waals surface area (Å²) >= 11 is 0. The Hall–Kier alpha value is -2.52. The summed E-state index contributed by atoms with van der Waals surface area (Å²) in [5, 5.41) is 14.5. The van der Waals surface area contributed by atoms with Crippen molar-refractivity contribution >= 4 is 21.4 Å². The van der Waals surface area contributed by atoms with Gasteiger partial charge in [-0.3, -0.25) is 15.1 Å². The zero-order chi connectivity index (χ0) is 20.1. The summed E-state index contributed by atoms with van der Waals surface area (Å²) in [4.78, 5) is 15.1. The molecule has 1 fully saturated rings. The Balaban J connectivity index is 1.77. The second-order valence-electron chi connectivity index (χ2n) is 7.04. The number of pyridine rings is 1. The molecule has 1 aliphatic heterocycles. The molecule has 1 aliphatic rings. The molecule has 3 rings (SSSR count). The number of nitro groups is 1. The van der Waals surface area contributed by atoms with E-state index in [0.29, 0.717) is 31.7 Å². The van der Waals surface area contributed by atoms with Gasteiger partial charge in [-0.15, -0.1) is 0 Å². The molecule has 2 heterocycles. The number of nitrogens with one attached hydrogen (secondary N) is 1. The van der Waals surface area contributed by atoms with E-state index in [1.54, 1.807) is 6.20 Å². The molecule has 0 amide bonds. The molecule has 8 nitrogen and oxygen atoms in total.